The zero-order valence-corrected chi connectivity index (χ0v) is 15.6. The second-order valence-electron chi connectivity index (χ2n) is 6.82. The Morgan fingerprint density at radius 1 is 1.29 bits per heavy atom. The molecule has 1 aliphatic heterocycles. The van der Waals surface area contributed by atoms with Gasteiger partial charge in [-0.3, -0.25) is 9.48 Å². The van der Waals surface area contributed by atoms with Crippen LogP contribution in [-0.4, -0.2) is 54.4 Å². The highest BCUT2D eigenvalue weighted by Crippen LogP contribution is 2.28. The summed E-state index contributed by atoms with van der Waals surface area (Å²) in [5, 5.41) is 8.22. The second-order valence-corrected chi connectivity index (χ2v) is 6.82. The molecule has 1 fully saturated rings. The molecule has 9 heteroatoms. The predicted molar refractivity (Wildman–Crippen MR) is 100 cm³/mol. The van der Waals surface area contributed by atoms with Gasteiger partial charge in [-0.2, -0.15) is 10.2 Å². The summed E-state index contributed by atoms with van der Waals surface area (Å²) in [6.07, 6.45) is 9.65. The largest absolute Gasteiger partial charge is 0.473 e. The van der Waals surface area contributed by atoms with E-state index in [1.807, 2.05) is 13.2 Å². The maximum atomic E-state index is 14.3. The molecule has 0 aliphatic carbocycles. The Morgan fingerprint density at radius 3 is 2.89 bits per heavy atom. The molecule has 8 nitrogen and oxygen atoms in total. The number of fused-ring (bicyclic) bond motifs is 1. The molecule has 0 unspecified atom stereocenters. The SMILES string of the molecule is C=CC(=O)N1CCC[C@@H](Oc2nc(-c3cnn(C)c3)cn3ncc(F)c23)CC1. The summed E-state index contributed by atoms with van der Waals surface area (Å²) in [6.45, 7) is 4.76. The van der Waals surface area contributed by atoms with Crippen LogP contribution in [0.4, 0.5) is 4.39 Å². The molecule has 0 spiro atoms. The van der Waals surface area contributed by atoms with Crippen molar-refractivity contribution in [2.45, 2.75) is 25.4 Å². The lowest BCUT2D eigenvalue weighted by atomic mass is 10.1. The van der Waals surface area contributed by atoms with Crippen molar-refractivity contribution >= 4 is 11.4 Å². The van der Waals surface area contributed by atoms with Gasteiger partial charge in [-0.15, -0.1) is 0 Å². The van der Waals surface area contributed by atoms with Gasteiger partial charge in [0.15, 0.2) is 11.3 Å². The smallest absolute Gasteiger partial charge is 0.245 e. The van der Waals surface area contributed by atoms with Gasteiger partial charge in [0.25, 0.3) is 0 Å². The topological polar surface area (TPSA) is 77.6 Å². The number of aryl methyl sites for hydroxylation is 1. The van der Waals surface area contributed by atoms with E-state index in [1.54, 1.807) is 22.0 Å². The Balaban J connectivity index is 1.63. The molecule has 28 heavy (non-hydrogen) atoms. The Labute approximate surface area is 161 Å². The van der Waals surface area contributed by atoms with Crippen LogP contribution in [0.25, 0.3) is 16.8 Å². The maximum absolute atomic E-state index is 14.3. The highest BCUT2D eigenvalue weighted by molar-refractivity contribution is 5.87. The summed E-state index contributed by atoms with van der Waals surface area (Å²) >= 11 is 0. The lowest BCUT2D eigenvalue weighted by Crippen LogP contribution is -2.30. The molecule has 0 N–H and O–H groups in total. The van der Waals surface area contributed by atoms with Gasteiger partial charge in [0.2, 0.25) is 11.8 Å². The van der Waals surface area contributed by atoms with Crippen LogP contribution in [0, 0.1) is 5.82 Å². The van der Waals surface area contributed by atoms with Crippen LogP contribution in [0.5, 0.6) is 5.88 Å². The van der Waals surface area contributed by atoms with E-state index >= 15 is 0 Å². The fourth-order valence-electron chi connectivity index (χ4n) is 3.41. The molecule has 0 saturated carbocycles. The second kappa shape index (κ2) is 7.41. The fraction of sp³-hybridized carbons (Fsp3) is 0.368. The van der Waals surface area contributed by atoms with Gasteiger partial charge in [0.05, 0.1) is 24.3 Å². The van der Waals surface area contributed by atoms with Crippen molar-refractivity contribution in [3.8, 4) is 17.1 Å². The number of hydrogen-bond acceptors (Lipinski definition) is 5. The molecule has 0 bridgehead atoms. The van der Waals surface area contributed by atoms with Crippen molar-refractivity contribution in [3.05, 3.63) is 43.3 Å². The third kappa shape index (κ3) is 3.47. The number of carbonyl (C=O) groups excluding carboxylic acids is 1. The van der Waals surface area contributed by atoms with Gasteiger partial charge >= 0.3 is 0 Å². The van der Waals surface area contributed by atoms with E-state index in [0.717, 1.165) is 24.6 Å². The highest BCUT2D eigenvalue weighted by atomic mass is 19.1. The molecule has 0 radical (unpaired) electrons. The van der Waals surface area contributed by atoms with Crippen molar-refractivity contribution in [2.75, 3.05) is 13.1 Å². The van der Waals surface area contributed by atoms with Crippen molar-refractivity contribution < 1.29 is 13.9 Å². The molecular weight excluding hydrogens is 363 g/mol. The monoisotopic (exact) mass is 384 g/mol. The zero-order valence-electron chi connectivity index (χ0n) is 15.6. The van der Waals surface area contributed by atoms with Crippen LogP contribution in [-0.2, 0) is 11.8 Å². The molecule has 4 heterocycles. The van der Waals surface area contributed by atoms with Crippen LogP contribution in [0.3, 0.4) is 0 Å². The Bertz CT molecular complexity index is 1030. The average Bonchev–Trinajstić information content (AvgIpc) is 3.21. The van der Waals surface area contributed by atoms with Crippen LogP contribution < -0.4 is 4.74 Å². The quantitative estimate of drug-likeness (QED) is 0.645. The van der Waals surface area contributed by atoms with E-state index < -0.39 is 5.82 Å². The molecule has 1 amide bonds. The van der Waals surface area contributed by atoms with E-state index in [9.17, 15) is 9.18 Å². The summed E-state index contributed by atoms with van der Waals surface area (Å²) in [7, 11) is 1.81. The van der Waals surface area contributed by atoms with Crippen molar-refractivity contribution in [2.24, 2.45) is 7.05 Å². The van der Waals surface area contributed by atoms with Gasteiger partial charge in [-0.25, -0.2) is 13.9 Å². The zero-order chi connectivity index (χ0) is 19.7. The first kappa shape index (κ1) is 18.1. The first-order chi connectivity index (χ1) is 13.5. The van der Waals surface area contributed by atoms with Gasteiger partial charge in [-0.05, 0) is 18.9 Å². The molecule has 146 valence electrons. The summed E-state index contributed by atoms with van der Waals surface area (Å²) < 4.78 is 23.5. The minimum Gasteiger partial charge on any atom is -0.473 e. The van der Waals surface area contributed by atoms with E-state index in [1.165, 1.54) is 10.6 Å². The van der Waals surface area contributed by atoms with Crippen molar-refractivity contribution in [1.82, 2.24) is 29.3 Å². The molecule has 1 aliphatic rings. The highest BCUT2D eigenvalue weighted by Gasteiger charge is 2.23. The normalized spacial score (nSPS) is 17.5. The minimum atomic E-state index is -0.489. The molecule has 0 aromatic carbocycles. The lowest BCUT2D eigenvalue weighted by Gasteiger charge is -2.19. The van der Waals surface area contributed by atoms with Crippen LogP contribution in [0.2, 0.25) is 0 Å². The van der Waals surface area contributed by atoms with E-state index in [4.69, 9.17) is 4.74 Å². The maximum Gasteiger partial charge on any atom is 0.245 e. The number of amides is 1. The Kier molecular flexibility index (Phi) is 4.81. The lowest BCUT2D eigenvalue weighted by molar-refractivity contribution is -0.126. The molecule has 4 rings (SSSR count). The number of rotatable bonds is 4. The number of carbonyl (C=O) groups is 1. The number of likely N-dealkylation sites (tertiary alicyclic amines) is 1. The van der Waals surface area contributed by atoms with Gasteiger partial charge in [0, 0.05) is 38.3 Å². The van der Waals surface area contributed by atoms with E-state index in [0.29, 0.717) is 25.2 Å². The number of ether oxygens (including phenoxy) is 1. The van der Waals surface area contributed by atoms with Crippen LogP contribution in [0.15, 0.2) is 37.4 Å². The van der Waals surface area contributed by atoms with Gasteiger partial charge < -0.3 is 9.64 Å². The number of aromatic nitrogens is 5. The number of hydrogen-bond donors (Lipinski definition) is 0. The molecule has 3 aromatic heterocycles. The summed E-state index contributed by atoms with van der Waals surface area (Å²) in [6, 6.07) is 0. The first-order valence-corrected chi connectivity index (χ1v) is 9.16. The molecule has 3 aromatic rings. The van der Waals surface area contributed by atoms with Gasteiger partial charge in [0.1, 0.15) is 6.10 Å². The van der Waals surface area contributed by atoms with Crippen molar-refractivity contribution in [1.29, 1.82) is 0 Å². The molecule has 1 atom stereocenters. The Morgan fingerprint density at radius 2 is 2.14 bits per heavy atom. The summed E-state index contributed by atoms with van der Waals surface area (Å²) in [4.78, 5) is 18.2. The standard InChI is InChI=1S/C19H21FN6O2/c1-3-17(27)25-7-4-5-14(6-8-25)28-19-18-15(20)10-22-26(18)12-16(23-19)13-9-21-24(2)11-13/h3,9-12,14H,1,4-8H2,2H3/t14-/m1/s1. The van der Waals surface area contributed by atoms with Crippen molar-refractivity contribution in [3.63, 3.8) is 0 Å². The predicted octanol–water partition coefficient (Wildman–Crippen LogP) is 2.21. The molecular formula is C19H21FN6O2. The summed E-state index contributed by atoms with van der Waals surface area (Å²) in [5.41, 5.74) is 1.58. The van der Waals surface area contributed by atoms with E-state index in [-0.39, 0.29) is 23.4 Å². The third-order valence-electron chi connectivity index (χ3n) is 4.86. The number of halogens is 1. The number of nitrogens with zero attached hydrogens (tertiary/aromatic N) is 6. The summed E-state index contributed by atoms with van der Waals surface area (Å²) in [5.74, 6) is -0.372. The minimum absolute atomic E-state index is 0.0819. The average molecular weight is 384 g/mol. The first-order valence-electron chi connectivity index (χ1n) is 9.16. The fourth-order valence-corrected chi connectivity index (χ4v) is 3.41. The van der Waals surface area contributed by atoms with E-state index in [2.05, 4.69) is 21.8 Å². The van der Waals surface area contributed by atoms with Crippen LogP contribution in [0.1, 0.15) is 19.3 Å². The van der Waals surface area contributed by atoms with Crippen LogP contribution >= 0.6 is 0 Å². The Hall–Kier alpha value is -3.23. The molecule has 1 saturated heterocycles. The van der Waals surface area contributed by atoms with Gasteiger partial charge in [-0.1, -0.05) is 6.58 Å². The third-order valence-corrected chi connectivity index (χ3v) is 4.86.